The summed E-state index contributed by atoms with van der Waals surface area (Å²) in [6.07, 6.45) is 0.283. The molecule has 1 atom stereocenters. The number of ether oxygens (including phenoxy) is 1. The van der Waals surface area contributed by atoms with Crippen molar-refractivity contribution in [1.82, 2.24) is 5.32 Å². The molecule has 0 aromatic heterocycles. The average molecular weight is 103 g/mol. The maximum absolute atomic E-state index is 8.58. The Balaban J connectivity index is 2.12. The van der Waals surface area contributed by atoms with E-state index in [1.807, 2.05) is 0 Å². The summed E-state index contributed by atoms with van der Waals surface area (Å²) in [6.45, 7) is 1.54. The predicted molar refractivity (Wildman–Crippen MR) is 24.6 cm³/mol. The van der Waals surface area contributed by atoms with Gasteiger partial charge in [-0.2, -0.15) is 0 Å². The largest absolute Gasteiger partial charge is 0.356 e. The molecule has 1 aliphatic heterocycles. The second-order valence-electron chi connectivity index (χ2n) is 1.53. The molecule has 0 spiro atoms. The Labute approximate surface area is 42.3 Å². The lowest BCUT2D eigenvalue weighted by atomic mass is 10.4. The summed E-state index contributed by atoms with van der Waals surface area (Å²) in [5.41, 5.74) is 0. The Morgan fingerprint density at radius 1 is 1.71 bits per heavy atom. The van der Waals surface area contributed by atoms with Gasteiger partial charge in [-0.1, -0.05) is 0 Å². The van der Waals surface area contributed by atoms with Crippen LogP contribution in [-0.4, -0.2) is 24.7 Å². The minimum absolute atomic E-state index is 0.675. The molecule has 0 bridgehead atoms. The monoisotopic (exact) mass is 103 g/mol. The molecule has 3 heteroatoms. The van der Waals surface area contributed by atoms with E-state index in [2.05, 4.69) is 5.32 Å². The molecule has 0 saturated carbocycles. The molecule has 0 amide bonds. The smallest absolute Gasteiger partial charge is 0.213 e. The quantitative estimate of drug-likeness (QED) is 0.425. The molecular formula is C4H9NO2. The first kappa shape index (κ1) is 5.03. The molecule has 1 saturated heterocycles. The first-order valence-electron chi connectivity index (χ1n) is 2.42. The van der Waals surface area contributed by atoms with E-state index < -0.39 is 6.41 Å². The van der Waals surface area contributed by atoms with Crippen LogP contribution >= 0.6 is 0 Å². The SMILES string of the molecule is OC1NCCCO1. The molecule has 42 valence electrons. The van der Waals surface area contributed by atoms with Crippen LogP contribution in [-0.2, 0) is 4.74 Å². The molecule has 1 rings (SSSR count). The first-order chi connectivity index (χ1) is 3.39. The standard InChI is InChI=1S/C4H9NO2/c6-4-5-2-1-3-7-4/h4-6H,1-3H2. The molecule has 1 fully saturated rings. The minimum Gasteiger partial charge on any atom is -0.356 e. The van der Waals surface area contributed by atoms with Gasteiger partial charge in [0.25, 0.3) is 0 Å². The second-order valence-corrected chi connectivity index (χ2v) is 1.53. The molecule has 1 aliphatic rings. The van der Waals surface area contributed by atoms with Gasteiger partial charge in [0.15, 0.2) is 0 Å². The Bertz CT molecular complexity index is 51.7. The number of nitrogens with one attached hydrogen (secondary N) is 1. The third-order valence-corrected chi connectivity index (χ3v) is 0.916. The van der Waals surface area contributed by atoms with Crippen LogP contribution in [0.2, 0.25) is 0 Å². The van der Waals surface area contributed by atoms with Gasteiger partial charge in [0.2, 0.25) is 6.41 Å². The van der Waals surface area contributed by atoms with E-state index in [4.69, 9.17) is 9.84 Å². The second kappa shape index (κ2) is 2.26. The number of rotatable bonds is 0. The van der Waals surface area contributed by atoms with Crippen molar-refractivity contribution in [3.63, 3.8) is 0 Å². The number of hydrogen-bond acceptors (Lipinski definition) is 3. The number of aliphatic hydroxyl groups is 1. The van der Waals surface area contributed by atoms with Gasteiger partial charge in [0.1, 0.15) is 0 Å². The van der Waals surface area contributed by atoms with Crippen LogP contribution in [0.3, 0.4) is 0 Å². The maximum Gasteiger partial charge on any atom is 0.213 e. The zero-order valence-corrected chi connectivity index (χ0v) is 4.05. The van der Waals surface area contributed by atoms with E-state index in [9.17, 15) is 0 Å². The van der Waals surface area contributed by atoms with E-state index in [1.165, 1.54) is 0 Å². The lowest BCUT2D eigenvalue weighted by molar-refractivity contribution is -0.138. The van der Waals surface area contributed by atoms with Crippen molar-refractivity contribution in [2.24, 2.45) is 0 Å². The lowest BCUT2D eigenvalue weighted by Crippen LogP contribution is -2.37. The van der Waals surface area contributed by atoms with Crippen LogP contribution in [0.25, 0.3) is 0 Å². The van der Waals surface area contributed by atoms with Crippen LogP contribution in [0, 0.1) is 0 Å². The van der Waals surface area contributed by atoms with Crippen LogP contribution in [0.15, 0.2) is 0 Å². The van der Waals surface area contributed by atoms with Crippen LogP contribution in [0.1, 0.15) is 6.42 Å². The predicted octanol–water partition coefficient (Wildman–Crippen LogP) is -0.728. The molecule has 7 heavy (non-hydrogen) atoms. The highest BCUT2D eigenvalue weighted by molar-refractivity contribution is 4.49. The summed E-state index contributed by atoms with van der Waals surface area (Å²) in [6, 6.07) is 0. The fraction of sp³-hybridized carbons (Fsp3) is 1.00. The van der Waals surface area contributed by atoms with E-state index in [1.54, 1.807) is 0 Å². The van der Waals surface area contributed by atoms with Gasteiger partial charge in [-0.15, -0.1) is 0 Å². The normalized spacial score (nSPS) is 33.0. The summed E-state index contributed by atoms with van der Waals surface area (Å²) in [5.74, 6) is 0. The Kier molecular flexibility index (Phi) is 1.62. The van der Waals surface area contributed by atoms with E-state index >= 15 is 0 Å². The fourth-order valence-electron chi connectivity index (χ4n) is 0.552. The average Bonchev–Trinajstić information content (AvgIpc) is 1.69. The Hall–Kier alpha value is -0.120. The Morgan fingerprint density at radius 3 is 2.86 bits per heavy atom. The third-order valence-electron chi connectivity index (χ3n) is 0.916. The minimum atomic E-state index is -0.714. The van der Waals surface area contributed by atoms with Crippen LogP contribution < -0.4 is 5.32 Å². The summed E-state index contributed by atoms with van der Waals surface area (Å²) >= 11 is 0. The molecule has 0 aliphatic carbocycles. The van der Waals surface area contributed by atoms with E-state index in [0.29, 0.717) is 6.61 Å². The van der Waals surface area contributed by atoms with Crippen molar-refractivity contribution in [3.05, 3.63) is 0 Å². The maximum atomic E-state index is 8.58. The molecule has 0 radical (unpaired) electrons. The van der Waals surface area contributed by atoms with Gasteiger partial charge in [-0.25, -0.2) is 0 Å². The molecular weight excluding hydrogens is 94.0 g/mol. The van der Waals surface area contributed by atoms with E-state index in [0.717, 1.165) is 13.0 Å². The van der Waals surface area contributed by atoms with Crippen molar-refractivity contribution < 1.29 is 9.84 Å². The summed E-state index contributed by atoms with van der Waals surface area (Å²) in [4.78, 5) is 0. The highest BCUT2D eigenvalue weighted by Crippen LogP contribution is 1.91. The third kappa shape index (κ3) is 1.43. The number of aliphatic hydroxyl groups excluding tert-OH is 1. The molecule has 1 heterocycles. The van der Waals surface area contributed by atoms with Gasteiger partial charge in [-0.3, -0.25) is 5.32 Å². The van der Waals surface area contributed by atoms with Crippen LogP contribution in [0.4, 0.5) is 0 Å². The van der Waals surface area contributed by atoms with Crippen molar-refractivity contribution in [3.8, 4) is 0 Å². The van der Waals surface area contributed by atoms with Gasteiger partial charge in [0, 0.05) is 6.54 Å². The van der Waals surface area contributed by atoms with Gasteiger partial charge < -0.3 is 9.84 Å². The summed E-state index contributed by atoms with van der Waals surface area (Å²) in [5, 5.41) is 11.3. The molecule has 2 N–H and O–H groups in total. The zero-order valence-electron chi connectivity index (χ0n) is 4.05. The zero-order chi connectivity index (χ0) is 5.11. The van der Waals surface area contributed by atoms with Crippen molar-refractivity contribution >= 4 is 0 Å². The number of hydrogen-bond donors (Lipinski definition) is 2. The van der Waals surface area contributed by atoms with Crippen LogP contribution in [0.5, 0.6) is 0 Å². The topological polar surface area (TPSA) is 41.5 Å². The molecule has 3 nitrogen and oxygen atoms in total. The highest BCUT2D eigenvalue weighted by Gasteiger charge is 2.05. The molecule has 0 aromatic carbocycles. The van der Waals surface area contributed by atoms with Crippen molar-refractivity contribution in [1.29, 1.82) is 0 Å². The van der Waals surface area contributed by atoms with Gasteiger partial charge in [0.05, 0.1) is 6.61 Å². The highest BCUT2D eigenvalue weighted by atomic mass is 16.6. The summed E-state index contributed by atoms with van der Waals surface area (Å²) in [7, 11) is 0. The molecule has 0 aromatic rings. The van der Waals surface area contributed by atoms with Crippen molar-refractivity contribution in [2.45, 2.75) is 12.8 Å². The van der Waals surface area contributed by atoms with E-state index in [-0.39, 0.29) is 0 Å². The van der Waals surface area contributed by atoms with Crippen molar-refractivity contribution in [2.75, 3.05) is 13.2 Å². The first-order valence-corrected chi connectivity index (χ1v) is 2.42. The Morgan fingerprint density at radius 2 is 2.57 bits per heavy atom. The summed E-state index contributed by atoms with van der Waals surface area (Å²) < 4.78 is 4.72. The van der Waals surface area contributed by atoms with Gasteiger partial charge >= 0.3 is 0 Å². The fourth-order valence-corrected chi connectivity index (χ4v) is 0.552. The molecule has 1 unspecified atom stereocenters. The van der Waals surface area contributed by atoms with Gasteiger partial charge in [-0.05, 0) is 6.42 Å². The lowest BCUT2D eigenvalue weighted by Gasteiger charge is -2.17.